The van der Waals surface area contributed by atoms with Crippen molar-refractivity contribution in [2.45, 2.75) is 45.6 Å². The van der Waals surface area contributed by atoms with Crippen molar-refractivity contribution in [2.24, 2.45) is 11.8 Å². The molecule has 3 unspecified atom stereocenters. The van der Waals surface area contributed by atoms with E-state index in [1.807, 2.05) is 13.8 Å². The Morgan fingerprint density at radius 1 is 1.57 bits per heavy atom. The minimum atomic E-state index is -0.915. The lowest BCUT2D eigenvalue weighted by molar-refractivity contribution is -0.180. The molecule has 1 saturated carbocycles. The van der Waals surface area contributed by atoms with Gasteiger partial charge >= 0.3 is 5.97 Å². The summed E-state index contributed by atoms with van der Waals surface area (Å²) in [5.41, 5.74) is -0.915. The third-order valence-electron chi connectivity index (χ3n) is 3.32. The van der Waals surface area contributed by atoms with Crippen LogP contribution in [-0.2, 0) is 9.53 Å². The number of ether oxygens (including phenoxy) is 1. The van der Waals surface area contributed by atoms with E-state index in [1.54, 1.807) is 0 Å². The molecular weight excluding hydrogens is 180 g/mol. The van der Waals surface area contributed by atoms with Gasteiger partial charge in [-0.15, -0.1) is 0 Å². The molecule has 1 N–H and O–H groups in total. The SMILES string of the molecule is CCOC1(C(=O)O)CCC(C)CC1C. The third kappa shape index (κ3) is 1.92. The molecule has 1 rings (SSSR count). The minimum Gasteiger partial charge on any atom is -0.479 e. The van der Waals surface area contributed by atoms with E-state index in [2.05, 4.69) is 6.92 Å². The molecule has 0 bridgehead atoms. The van der Waals surface area contributed by atoms with Crippen LogP contribution in [0.1, 0.15) is 40.0 Å². The smallest absolute Gasteiger partial charge is 0.336 e. The first kappa shape index (κ1) is 11.5. The zero-order valence-corrected chi connectivity index (χ0v) is 9.25. The second kappa shape index (κ2) is 4.30. The van der Waals surface area contributed by atoms with Crippen LogP contribution in [0.2, 0.25) is 0 Å². The quantitative estimate of drug-likeness (QED) is 0.760. The Kier molecular flexibility index (Phi) is 3.53. The van der Waals surface area contributed by atoms with Crippen molar-refractivity contribution in [1.82, 2.24) is 0 Å². The normalized spacial score (nSPS) is 38.2. The van der Waals surface area contributed by atoms with Gasteiger partial charge in [0.1, 0.15) is 0 Å². The molecule has 0 radical (unpaired) electrons. The van der Waals surface area contributed by atoms with Gasteiger partial charge in [-0.05, 0) is 38.0 Å². The summed E-state index contributed by atoms with van der Waals surface area (Å²) in [4.78, 5) is 11.3. The number of carboxylic acids is 1. The van der Waals surface area contributed by atoms with Gasteiger partial charge in [0.25, 0.3) is 0 Å². The Hall–Kier alpha value is -0.570. The van der Waals surface area contributed by atoms with Gasteiger partial charge in [-0.1, -0.05) is 13.8 Å². The fourth-order valence-electron chi connectivity index (χ4n) is 2.47. The summed E-state index contributed by atoms with van der Waals surface area (Å²) in [7, 11) is 0. The van der Waals surface area contributed by atoms with Crippen LogP contribution < -0.4 is 0 Å². The molecule has 0 aromatic heterocycles. The second-order valence-corrected chi connectivity index (χ2v) is 4.41. The van der Waals surface area contributed by atoms with Crippen molar-refractivity contribution in [3.8, 4) is 0 Å². The third-order valence-corrected chi connectivity index (χ3v) is 3.32. The van der Waals surface area contributed by atoms with Crippen LogP contribution in [0, 0.1) is 11.8 Å². The molecule has 0 saturated heterocycles. The highest BCUT2D eigenvalue weighted by Crippen LogP contribution is 2.39. The average Bonchev–Trinajstić information content (AvgIpc) is 2.10. The van der Waals surface area contributed by atoms with E-state index in [-0.39, 0.29) is 5.92 Å². The molecule has 3 atom stereocenters. The molecular formula is C11H20O3. The van der Waals surface area contributed by atoms with Crippen molar-refractivity contribution in [3.63, 3.8) is 0 Å². The molecule has 0 heterocycles. The maximum atomic E-state index is 11.3. The molecule has 0 amide bonds. The van der Waals surface area contributed by atoms with Gasteiger partial charge in [-0.25, -0.2) is 4.79 Å². The van der Waals surface area contributed by atoms with Gasteiger partial charge in [0.15, 0.2) is 5.60 Å². The van der Waals surface area contributed by atoms with Crippen LogP contribution in [0.15, 0.2) is 0 Å². The van der Waals surface area contributed by atoms with E-state index in [0.717, 1.165) is 12.8 Å². The van der Waals surface area contributed by atoms with Gasteiger partial charge < -0.3 is 9.84 Å². The summed E-state index contributed by atoms with van der Waals surface area (Å²) in [6.07, 6.45) is 2.56. The van der Waals surface area contributed by atoms with E-state index < -0.39 is 11.6 Å². The molecule has 0 aromatic carbocycles. The van der Waals surface area contributed by atoms with Crippen molar-refractivity contribution in [3.05, 3.63) is 0 Å². The monoisotopic (exact) mass is 200 g/mol. The van der Waals surface area contributed by atoms with E-state index >= 15 is 0 Å². The maximum Gasteiger partial charge on any atom is 0.336 e. The van der Waals surface area contributed by atoms with Crippen molar-refractivity contribution in [2.75, 3.05) is 6.61 Å². The summed E-state index contributed by atoms with van der Waals surface area (Å²) < 4.78 is 5.49. The highest BCUT2D eigenvalue weighted by molar-refractivity contribution is 5.78. The number of aliphatic carboxylic acids is 1. The van der Waals surface area contributed by atoms with Gasteiger partial charge in [-0.2, -0.15) is 0 Å². The summed E-state index contributed by atoms with van der Waals surface area (Å²) in [6, 6.07) is 0. The Bertz CT molecular complexity index is 215. The van der Waals surface area contributed by atoms with E-state index in [9.17, 15) is 9.90 Å². The molecule has 0 aromatic rings. The standard InChI is InChI=1S/C11H20O3/c1-4-14-11(10(12)13)6-5-8(2)7-9(11)3/h8-9H,4-7H2,1-3H3,(H,12,13). The molecule has 0 aliphatic heterocycles. The summed E-state index contributed by atoms with van der Waals surface area (Å²) in [6.45, 7) is 6.49. The first-order chi connectivity index (χ1) is 6.53. The van der Waals surface area contributed by atoms with Crippen molar-refractivity contribution < 1.29 is 14.6 Å². The van der Waals surface area contributed by atoms with Gasteiger partial charge in [0.2, 0.25) is 0 Å². The first-order valence-corrected chi connectivity index (χ1v) is 5.40. The van der Waals surface area contributed by atoms with Crippen LogP contribution in [-0.4, -0.2) is 23.3 Å². The Labute approximate surface area is 85.5 Å². The van der Waals surface area contributed by atoms with Gasteiger partial charge in [0.05, 0.1) is 0 Å². The fourth-order valence-corrected chi connectivity index (χ4v) is 2.47. The van der Waals surface area contributed by atoms with Gasteiger partial charge in [0, 0.05) is 6.61 Å². The molecule has 0 spiro atoms. The first-order valence-electron chi connectivity index (χ1n) is 5.40. The number of hydrogen-bond acceptors (Lipinski definition) is 2. The molecule has 1 aliphatic rings. The lowest BCUT2D eigenvalue weighted by Gasteiger charge is -2.40. The number of hydrogen-bond donors (Lipinski definition) is 1. The highest BCUT2D eigenvalue weighted by Gasteiger charge is 2.47. The number of rotatable bonds is 3. The summed E-state index contributed by atoms with van der Waals surface area (Å²) in [5, 5.41) is 9.25. The number of carbonyl (C=O) groups is 1. The molecule has 3 nitrogen and oxygen atoms in total. The Morgan fingerprint density at radius 2 is 2.21 bits per heavy atom. The molecule has 1 aliphatic carbocycles. The number of carboxylic acid groups (broad SMARTS) is 1. The van der Waals surface area contributed by atoms with Crippen LogP contribution >= 0.6 is 0 Å². The molecule has 3 heteroatoms. The predicted molar refractivity (Wildman–Crippen MR) is 54.2 cm³/mol. The minimum absolute atomic E-state index is 0.115. The van der Waals surface area contributed by atoms with Gasteiger partial charge in [-0.3, -0.25) is 0 Å². The predicted octanol–water partition coefficient (Wildman–Crippen LogP) is 2.30. The van der Waals surface area contributed by atoms with Crippen molar-refractivity contribution >= 4 is 5.97 Å². The fraction of sp³-hybridized carbons (Fsp3) is 0.909. The van der Waals surface area contributed by atoms with E-state index in [1.165, 1.54) is 0 Å². The topological polar surface area (TPSA) is 46.5 Å². The Morgan fingerprint density at radius 3 is 2.64 bits per heavy atom. The van der Waals surface area contributed by atoms with Crippen LogP contribution in [0.5, 0.6) is 0 Å². The average molecular weight is 200 g/mol. The lowest BCUT2D eigenvalue weighted by Crippen LogP contribution is -2.50. The lowest BCUT2D eigenvalue weighted by atomic mass is 9.72. The summed E-state index contributed by atoms with van der Waals surface area (Å²) >= 11 is 0. The largest absolute Gasteiger partial charge is 0.479 e. The van der Waals surface area contributed by atoms with Crippen molar-refractivity contribution in [1.29, 1.82) is 0 Å². The maximum absolute atomic E-state index is 11.3. The molecule has 14 heavy (non-hydrogen) atoms. The van der Waals surface area contributed by atoms with E-state index in [4.69, 9.17) is 4.74 Å². The second-order valence-electron chi connectivity index (χ2n) is 4.41. The summed E-state index contributed by atoms with van der Waals surface area (Å²) in [5.74, 6) is -0.0552. The van der Waals surface area contributed by atoms with Crippen LogP contribution in [0.25, 0.3) is 0 Å². The van der Waals surface area contributed by atoms with E-state index in [0.29, 0.717) is 18.9 Å². The highest BCUT2D eigenvalue weighted by atomic mass is 16.5. The molecule has 82 valence electrons. The van der Waals surface area contributed by atoms with Crippen LogP contribution in [0.4, 0.5) is 0 Å². The zero-order chi connectivity index (χ0) is 10.8. The zero-order valence-electron chi connectivity index (χ0n) is 9.25. The molecule has 1 fully saturated rings. The van der Waals surface area contributed by atoms with Crippen LogP contribution in [0.3, 0.4) is 0 Å². The Balaban J connectivity index is 2.81.